The summed E-state index contributed by atoms with van der Waals surface area (Å²) < 4.78 is 27.8. The average Bonchev–Trinajstić information content (AvgIpc) is 3.06. The first-order chi connectivity index (χ1) is 12.1. The van der Waals surface area contributed by atoms with Gasteiger partial charge in [0.1, 0.15) is 11.2 Å². The fourth-order valence-corrected chi connectivity index (χ4v) is 4.60. The highest BCUT2D eigenvalue weighted by Gasteiger charge is 2.25. The van der Waals surface area contributed by atoms with E-state index in [1.807, 2.05) is 34.5 Å². The number of thiazole rings is 1. The third-order valence-corrected chi connectivity index (χ3v) is 6.08. The largest absolute Gasteiger partial charge is 0.324 e. The van der Waals surface area contributed by atoms with E-state index in [0.717, 1.165) is 17.1 Å². The van der Waals surface area contributed by atoms with Crippen molar-refractivity contribution in [2.75, 3.05) is 4.90 Å². The molecule has 0 radical (unpaired) electrons. The molecule has 0 spiro atoms. The lowest BCUT2D eigenvalue weighted by Gasteiger charge is -2.24. The number of benzene rings is 2. The van der Waals surface area contributed by atoms with Gasteiger partial charge in [-0.3, -0.25) is 0 Å². The molecule has 126 valence electrons. The SMILES string of the molecule is O=S1(=O)N=CN(Cc2csc(Cc3ccccc3)n2)c2ccccc21. The molecule has 0 unspecified atom stereocenters. The van der Waals surface area contributed by atoms with E-state index < -0.39 is 10.0 Å². The van der Waals surface area contributed by atoms with Crippen LogP contribution in [0.1, 0.15) is 16.3 Å². The van der Waals surface area contributed by atoms with Gasteiger partial charge < -0.3 is 4.90 Å². The van der Waals surface area contributed by atoms with E-state index in [9.17, 15) is 8.42 Å². The van der Waals surface area contributed by atoms with Crippen LogP contribution in [0.3, 0.4) is 0 Å². The van der Waals surface area contributed by atoms with Gasteiger partial charge in [-0.2, -0.15) is 8.42 Å². The molecule has 5 nitrogen and oxygen atoms in total. The zero-order chi connectivity index (χ0) is 17.3. The lowest BCUT2D eigenvalue weighted by molar-refractivity contribution is 0.597. The lowest BCUT2D eigenvalue weighted by Crippen LogP contribution is -2.26. The first-order valence-corrected chi connectivity index (χ1v) is 10.1. The summed E-state index contributed by atoms with van der Waals surface area (Å²) in [7, 11) is -3.59. The number of rotatable bonds is 4. The van der Waals surface area contributed by atoms with E-state index in [4.69, 9.17) is 0 Å². The molecule has 7 heteroatoms. The molecule has 0 N–H and O–H groups in total. The van der Waals surface area contributed by atoms with Crippen molar-refractivity contribution in [2.24, 2.45) is 4.40 Å². The summed E-state index contributed by atoms with van der Waals surface area (Å²) in [6, 6.07) is 17.1. The van der Waals surface area contributed by atoms with Gasteiger partial charge in [-0.15, -0.1) is 15.7 Å². The van der Waals surface area contributed by atoms with E-state index in [-0.39, 0.29) is 4.90 Å². The average molecular weight is 369 g/mol. The molecule has 0 aliphatic carbocycles. The van der Waals surface area contributed by atoms with Gasteiger partial charge in [0.05, 0.1) is 22.9 Å². The fourth-order valence-electron chi connectivity index (χ4n) is 2.72. The zero-order valence-electron chi connectivity index (χ0n) is 13.2. The van der Waals surface area contributed by atoms with Crippen LogP contribution in [0.4, 0.5) is 5.69 Å². The highest BCUT2D eigenvalue weighted by molar-refractivity contribution is 7.90. The van der Waals surface area contributed by atoms with Crippen molar-refractivity contribution >= 4 is 33.4 Å². The van der Waals surface area contributed by atoms with Crippen LogP contribution in [0.15, 0.2) is 69.3 Å². The van der Waals surface area contributed by atoms with Gasteiger partial charge in [-0.05, 0) is 17.7 Å². The van der Waals surface area contributed by atoms with Gasteiger partial charge in [-0.25, -0.2) is 4.98 Å². The Morgan fingerprint density at radius 1 is 1.00 bits per heavy atom. The van der Waals surface area contributed by atoms with Gasteiger partial charge >= 0.3 is 0 Å². The molecule has 0 fully saturated rings. The molecule has 0 saturated carbocycles. The highest BCUT2D eigenvalue weighted by Crippen LogP contribution is 2.30. The molecule has 2 aromatic carbocycles. The predicted molar refractivity (Wildman–Crippen MR) is 99.7 cm³/mol. The number of nitrogens with zero attached hydrogens (tertiary/aromatic N) is 3. The molecule has 1 aromatic heterocycles. The predicted octanol–water partition coefficient (Wildman–Crippen LogP) is 3.47. The third-order valence-electron chi connectivity index (χ3n) is 3.91. The molecular weight excluding hydrogens is 354 g/mol. The van der Waals surface area contributed by atoms with E-state index in [1.54, 1.807) is 29.5 Å². The maximum absolute atomic E-state index is 12.0. The van der Waals surface area contributed by atoms with Crippen LogP contribution in [0.25, 0.3) is 0 Å². The van der Waals surface area contributed by atoms with Gasteiger partial charge in [0.2, 0.25) is 0 Å². The van der Waals surface area contributed by atoms with Crippen LogP contribution < -0.4 is 4.90 Å². The number of aromatic nitrogens is 1. The minimum absolute atomic E-state index is 0.234. The zero-order valence-corrected chi connectivity index (χ0v) is 14.9. The number of hydrogen-bond acceptors (Lipinski definition) is 5. The van der Waals surface area contributed by atoms with Crippen molar-refractivity contribution in [1.82, 2.24) is 4.98 Å². The summed E-state index contributed by atoms with van der Waals surface area (Å²) in [5.41, 5.74) is 2.76. The summed E-state index contributed by atoms with van der Waals surface area (Å²) in [5.74, 6) is 0. The monoisotopic (exact) mass is 369 g/mol. The minimum atomic E-state index is -3.59. The summed E-state index contributed by atoms with van der Waals surface area (Å²) in [6.07, 6.45) is 2.17. The summed E-state index contributed by atoms with van der Waals surface area (Å²) in [4.78, 5) is 6.73. The molecule has 0 atom stereocenters. The molecule has 25 heavy (non-hydrogen) atoms. The Kier molecular flexibility index (Phi) is 4.10. The van der Waals surface area contributed by atoms with Crippen LogP contribution in [-0.2, 0) is 23.0 Å². The van der Waals surface area contributed by atoms with Crippen LogP contribution in [-0.4, -0.2) is 19.7 Å². The minimum Gasteiger partial charge on any atom is -0.324 e. The van der Waals surface area contributed by atoms with Gasteiger partial charge in [-0.1, -0.05) is 42.5 Å². The highest BCUT2D eigenvalue weighted by atomic mass is 32.2. The van der Waals surface area contributed by atoms with Crippen LogP contribution in [0, 0.1) is 0 Å². The Morgan fingerprint density at radius 3 is 2.60 bits per heavy atom. The van der Waals surface area contributed by atoms with E-state index in [2.05, 4.69) is 21.5 Å². The normalized spacial score (nSPS) is 15.1. The quantitative estimate of drug-likeness (QED) is 0.706. The number of sulfonamides is 1. The third kappa shape index (κ3) is 3.33. The molecule has 3 aromatic rings. The van der Waals surface area contributed by atoms with Gasteiger partial charge in [0, 0.05) is 11.8 Å². The molecule has 4 rings (SSSR count). The molecule has 1 aliphatic rings. The Labute approximate surface area is 150 Å². The Hall–Kier alpha value is -2.51. The molecule has 0 saturated heterocycles. The van der Waals surface area contributed by atoms with Crippen molar-refractivity contribution in [3.63, 3.8) is 0 Å². The summed E-state index contributed by atoms with van der Waals surface area (Å²) >= 11 is 1.61. The van der Waals surface area contributed by atoms with Crippen LogP contribution >= 0.6 is 11.3 Å². The summed E-state index contributed by atoms with van der Waals surface area (Å²) in [6.45, 7) is 0.487. The molecule has 0 amide bonds. The van der Waals surface area contributed by atoms with Crippen molar-refractivity contribution in [3.05, 3.63) is 76.2 Å². The second kappa shape index (κ2) is 6.42. The van der Waals surface area contributed by atoms with Crippen molar-refractivity contribution < 1.29 is 8.42 Å². The van der Waals surface area contributed by atoms with E-state index in [0.29, 0.717) is 12.2 Å². The second-order valence-corrected chi connectivity index (χ2v) is 8.23. The Balaban J connectivity index is 1.56. The van der Waals surface area contributed by atoms with E-state index >= 15 is 0 Å². The summed E-state index contributed by atoms with van der Waals surface area (Å²) in [5, 5.41) is 3.05. The van der Waals surface area contributed by atoms with Gasteiger partial charge in [0.25, 0.3) is 10.0 Å². The molecule has 0 bridgehead atoms. The number of anilines is 1. The lowest BCUT2D eigenvalue weighted by atomic mass is 10.2. The second-order valence-electron chi connectivity index (χ2n) is 5.69. The maximum atomic E-state index is 12.0. The van der Waals surface area contributed by atoms with Crippen molar-refractivity contribution in [1.29, 1.82) is 0 Å². The van der Waals surface area contributed by atoms with Crippen molar-refractivity contribution in [2.45, 2.75) is 17.9 Å². The first kappa shape index (κ1) is 16.0. The first-order valence-electron chi connectivity index (χ1n) is 7.75. The number of fused-ring (bicyclic) bond motifs is 1. The Bertz CT molecular complexity index is 1030. The number of para-hydroxylation sites is 1. The Morgan fingerprint density at radius 2 is 1.76 bits per heavy atom. The molecular formula is C18H15N3O2S2. The van der Waals surface area contributed by atoms with Crippen LogP contribution in [0.5, 0.6) is 0 Å². The smallest absolute Gasteiger partial charge is 0.285 e. The molecule has 1 aliphatic heterocycles. The molecule has 2 heterocycles. The standard InChI is InChI=1S/C18H15N3O2S2/c22-25(23)17-9-5-4-8-16(17)21(13-19-25)11-15-12-24-18(20-15)10-14-6-2-1-3-7-14/h1-9,12-13H,10-11H2. The maximum Gasteiger partial charge on any atom is 0.285 e. The number of hydrogen-bond donors (Lipinski definition) is 0. The fraction of sp³-hybridized carbons (Fsp3) is 0.111. The topological polar surface area (TPSA) is 62.6 Å². The van der Waals surface area contributed by atoms with Crippen molar-refractivity contribution in [3.8, 4) is 0 Å². The van der Waals surface area contributed by atoms with E-state index in [1.165, 1.54) is 11.9 Å². The van der Waals surface area contributed by atoms with Crippen LogP contribution in [0.2, 0.25) is 0 Å². The van der Waals surface area contributed by atoms with Gasteiger partial charge in [0.15, 0.2) is 0 Å².